The monoisotopic (exact) mass is 364 g/mol. The third-order valence-electron chi connectivity index (χ3n) is 5.99. The fourth-order valence-corrected chi connectivity index (χ4v) is 4.64. The van der Waals surface area contributed by atoms with Crippen LogP contribution in [0.5, 0.6) is 5.75 Å². The van der Waals surface area contributed by atoms with Gasteiger partial charge >= 0.3 is 0 Å². The van der Waals surface area contributed by atoms with E-state index in [4.69, 9.17) is 4.74 Å². The summed E-state index contributed by atoms with van der Waals surface area (Å²) in [5.41, 5.74) is 1.09. The van der Waals surface area contributed by atoms with Crippen molar-refractivity contribution in [3.8, 4) is 5.75 Å². The smallest absolute Gasteiger partial charge is 0.220 e. The van der Waals surface area contributed by atoms with Crippen LogP contribution in [0, 0.1) is 5.92 Å². The van der Waals surface area contributed by atoms with Gasteiger partial charge in [-0.1, -0.05) is 18.2 Å². The van der Waals surface area contributed by atoms with E-state index in [1.54, 1.807) is 0 Å². The zero-order valence-electron chi connectivity index (χ0n) is 14.8. The Morgan fingerprint density at radius 1 is 1.28 bits per heavy atom. The van der Waals surface area contributed by atoms with Gasteiger partial charge in [0.05, 0.1) is 6.04 Å². The number of benzene rings is 1. The Kier molecular flexibility index (Phi) is 5.90. The van der Waals surface area contributed by atoms with Gasteiger partial charge in [0.25, 0.3) is 0 Å². The second-order valence-corrected chi connectivity index (χ2v) is 7.75. The van der Waals surface area contributed by atoms with Gasteiger partial charge in [-0.2, -0.15) is 0 Å². The summed E-state index contributed by atoms with van der Waals surface area (Å²) in [6.45, 7) is 2.17. The zero-order chi connectivity index (χ0) is 16.4. The number of halogens is 1. The van der Waals surface area contributed by atoms with Crippen molar-refractivity contribution in [2.75, 3.05) is 13.1 Å². The minimum atomic E-state index is -0.0539. The molecule has 1 saturated heterocycles. The molecule has 5 heteroatoms. The van der Waals surface area contributed by atoms with Gasteiger partial charge in [-0.25, -0.2) is 0 Å². The van der Waals surface area contributed by atoms with Gasteiger partial charge in [-0.05, 0) is 63.6 Å². The highest BCUT2D eigenvalue weighted by Gasteiger charge is 2.43. The van der Waals surface area contributed by atoms with E-state index in [0.29, 0.717) is 12.3 Å². The summed E-state index contributed by atoms with van der Waals surface area (Å²) in [6.07, 6.45) is 8.45. The van der Waals surface area contributed by atoms with Crippen LogP contribution in [0.3, 0.4) is 0 Å². The van der Waals surface area contributed by atoms with Crippen LogP contribution in [0.25, 0.3) is 0 Å². The van der Waals surface area contributed by atoms with Crippen LogP contribution in [0.1, 0.15) is 63.0 Å². The lowest BCUT2D eigenvalue weighted by atomic mass is 9.85. The molecule has 1 aromatic rings. The van der Waals surface area contributed by atoms with E-state index < -0.39 is 0 Å². The SMILES string of the molecule is Cl.O=C(CCC1CCNC1)NC1CC2(CCCC2)Oc2ccccc21. The Balaban J connectivity index is 0.00000182. The maximum Gasteiger partial charge on any atom is 0.220 e. The van der Waals surface area contributed by atoms with Gasteiger partial charge in [-0.3, -0.25) is 4.79 Å². The lowest BCUT2D eigenvalue weighted by molar-refractivity contribution is -0.122. The highest BCUT2D eigenvalue weighted by atomic mass is 35.5. The predicted octanol–water partition coefficient (Wildman–Crippen LogP) is 3.75. The van der Waals surface area contributed by atoms with Crippen LogP contribution in [0.2, 0.25) is 0 Å². The summed E-state index contributed by atoms with van der Waals surface area (Å²) in [6, 6.07) is 8.32. The number of amides is 1. The number of fused-ring (bicyclic) bond motifs is 1. The summed E-state index contributed by atoms with van der Waals surface area (Å²) < 4.78 is 6.37. The van der Waals surface area contributed by atoms with Gasteiger partial charge in [0.2, 0.25) is 5.91 Å². The van der Waals surface area contributed by atoms with Crippen molar-refractivity contribution in [1.29, 1.82) is 0 Å². The van der Waals surface area contributed by atoms with Gasteiger partial charge in [0.15, 0.2) is 0 Å². The van der Waals surface area contributed by atoms with Crippen LogP contribution < -0.4 is 15.4 Å². The highest BCUT2D eigenvalue weighted by Crippen LogP contribution is 2.47. The first-order valence-corrected chi connectivity index (χ1v) is 9.52. The Morgan fingerprint density at radius 3 is 2.84 bits per heavy atom. The molecule has 2 aliphatic heterocycles. The molecule has 3 aliphatic rings. The van der Waals surface area contributed by atoms with Gasteiger partial charge in [0, 0.05) is 18.4 Å². The highest BCUT2D eigenvalue weighted by molar-refractivity contribution is 5.85. The van der Waals surface area contributed by atoms with E-state index >= 15 is 0 Å². The average molecular weight is 365 g/mol. The lowest BCUT2D eigenvalue weighted by Crippen LogP contribution is -2.43. The fourth-order valence-electron chi connectivity index (χ4n) is 4.64. The number of hydrogen-bond donors (Lipinski definition) is 2. The van der Waals surface area contributed by atoms with Gasteiger partial charge in [-0.15, -0.1) is 12.4 Å². The van der Waals surface area contributed by atoms with E-state index in [1.807, 2.05) is 12.1 Å². The van der Waals surface area contributed by atoms with Crippen LogP contribution in [0.4, 0.5) is 0 Å². The molecule has 2 heterocycles. The summed E-state index contributed by atoms with van der Waals surface area (Å²) in [5.74, 6) is 1.83. The number of carbonyl (C=O) groups excluding carboxylic acids is 1. The maximum atomic E-state index is 12.5. The topological polar surface area (TPSA) is 50.4 Å². The predicted molar refractivity (Wildman–Crippen MR) is 101 cm³/mol. The van der Waals surface area contributed by atoms with Crippen molar-refractivity contribution < 1.29 is 9.53 Å². The molecule has 1 amide bonds. The molecule has 2 fully saturated rings. The van der Waals surface area contributed by atoms with Gasteiger partial charge < -0.3 is 15.4 Å². The second kappa shape index (κ2) is 7.96. The summed E-state index contributed by atoms with van der Waals surface area (Å²) in [7, 11) is 0. The van der Waals surface area contributed by atoms with E-state index in [0.717, 1.165) is 50.1 Å². The Hall–Kier alpha value is -1.26. The molecule has 1 aliphatic carbocycles. The van der Waals surface area contributed by atoms with Crippen molar-refractivity contribution in [2.24, 2.45) is 5.92 Å². The number of nitrogens with one attached hydrogen (secondary N) is 2. The van der Waals surface area contributed by atoms with Gasteiger partial charge in [0.1, 0.15) is 11.4 Å². The van der Waals surface area contributed by atoms with Crippen molar-refractivity contribution in [2.45, 2.75) is 63.0 Å². The molecule has 4 rings (SSSR count). The summed E-state index contributed by atoms with van der Waals surface area (Å²) in [4.78, 5) is 12.5. The minimum Gasteiger partial charge on any atom is -0.487 e. The molecule has 2 N–H and O–H groups in total. The molecule has 1 aromatic carbocycles. The second-order valence-electron chi connectivity index (χ2n) is 7.75. The molecule has 138 valence electrons. The molecule has 1 saturated carbocycles. The molecule has 0 radical (unpaired) electrons. The van der Waals surface area contributed by atoms with E-state index in [-0.39, 0.29) is 30.0 Å². The number of rotatable bonds is 4. The molecule has 25 heavy (non-hydrogen) atoms. The van der Waals surface area contributed by atoms with Crippen molar-refractivity contribution in [3.05, 3.63) is 29.8 Å². The van der Waals surface area contributed by atoms with Crippen LogP contribution in [-0.2, 0) is 4.79 Å². The van der Waals surface area contributed by atoms with Crippen LogP contribution in [-0.4, -0.2) is 24.6 Å². The first-order chi connectivity index (χ1) is 11.7. The summed E-state index contributed by atoms with van der Waals surface area (Å²) >= 11 is 0. The lowest BCUT2D eigenvalue weighted by Gasteiger charge is -2.40. The molecular formula is C20H29ClN2O2. The van der Waals surface area contributed by atoms with E-state index in [2.05, 4.69) is 22.8 Å². The van der Waals surface area contributed by atoms with Crippen LogP contribution in [0.15, 0.2) is 24.3 Å². The molecular weight excluding hydrogens is 336 g/mol. The van der Waals surface area contributed by atoms with Crippen molar-refractivity contribution in [1.82, 2.24) is 10.6 Å². The maximum absolute atomic E-state index is 12.5. The molecule has 0 bridgehead atoms. The van der Waals surface area contributed by atoms with Crippen molar-refractivity contribution >= 4 is 18.3 Å². The third-order valence-corrected chi connectivity index (χ3v) is 5.99. The normalized spacial score (nSPS) is 26.6. The van der Waals surface area contributed by atoms with Crippen LogP contribution >= 0.6 is 12.4 Å². The first-order valence-electron chi connectivity index (χ1n) is 9.52. The molecule has 4 nitrogen and oxygen atoms in total. The Bertz CT molecular complexity index is 595. The number of para-hydroxylation sites is 1. The first kappa shape index (κ1) is 18.5. The standard InChI is InChI=1S/C20H28N2O2.ClH/c23-19(8-7-15-9-12-21-14-15)22-17-13-20(10-3-4-11-20)24-18-6-2-1-5-16(17)18;/h1-2,5-6,15,17,21H,3-4,7-14H2,(H,22,23);1H. The average Bonchev–Trinajstić information content (AvgIpc) is 3.25. The number of carbonyl (C=O) groups is 1. The largest absolute Gasteiger partial charge is 0.487 e. The molecule has 0 aromatic heterocycles. The van der Waals surface area contributed by atoms with E-state index in [9.17, 15) is 4.79 Å². The fraction of sp³-hybridized carbons (Fsp3) is 0.650. The van der Waals surface area contributed by atoms with Crippen molar-refractivity contribution in [3.63, 3.8) is 0 Å². The Morgan fingerprint density at radius 2 is 2.08 bits per heavy atom. The zero-order valence-corrected chi connectivity index (χ0v) is 15.6. The quantitative estimate of drug-likeness (QED) is 0.855. The third kappa shape index (κ3) is 4.12. The summed E-state index contributed by atoms with van der Waals surface area (Å²) in [5, 5.41) is 6.69. The molecule has 2 unspecified atom stereocenters. The number of ether oxygens (including phenoxy) is 1. The molecule has 1 spiro atoms. The number of hydrogen-bond acceptors (Lipinski definition) is 3. The molecule has 2 atom stereocenters. The van der Waals surface area contributed by atoms with E-state index in [1.165, 1.54) is 19.3 Å². The minimum absolute atomic E-state index is 0. The Labute approximate surface area is 156 Å².